The van der Waals surface area contributed by atoms with Crippen LogP contribution in [-0.4, -0.2) is 18.4 Å². The molecule has 1 aliphatic rings. The monoisotopic (exact) mass is 287 g/mol. The molecule has 1 atom stereocenters. The Morgan fingerprint density at radius 3 is 3.07 bits per heavy atom. The minimum absolute atomic E-state index is 0.0905. The van der Waals surface area contributed by atoms with Gasteiger partial charge >= 0.3 is 0 Å². The van der Waals surface area contributed by atoms with E-state index in [1.165, 1.54) is 12.8 Å². The molecule has 1 aliphatic heterocycles. The number of halogens is 1. The summed E-state index contributed by atoms with van der Waals surface area (Å²) < 4.78 is 1.07. The SMILES string of the molecule is O=C(Cc1sccc1Br)C1CCCCN1. The van der Waals surface area contributed by atoms with E-state index < -0.39 is 0 Å². The molecule has 4 heteroatoms. The number of ketones is 1. The third-order valence-electron chi connectivity index (χ3n) is 2.72. The molecule has 0 saturated carbocycles. The zero-order chi connectivity index (χ0) is 10.7. The number of nitrogens with one attached hydrogen (secondary N) is 1. The summed E-state index contributed by atoms with van der Waals surface area (Å²) in [7, 11) is 0. The minimum atomic E-state index is 0.0905. The summed E-state index contributed by atoms with van der Waals surface area (Å²) in [5.74, 6) is 0.331. The van der Waals surface area contributed by atoms with Crippen molar-refractivity contribution in [2.75, 3.05) is 6.54 Å². The summed E-state index contributed by atoms with van der Waals surface area (Å²) in [6, 6.07) is 2.09. The van der Waals surface area contributed by atoms with Crippen LogP contribution in [0.1, 0.15) is 24.1 Å². The fraction of sp³-hybridized carbons (Fsp3) is 0.545. The van der Waals surface area contributed by atoms with E-state index in [9.17, 15) is 4.79 Å². The molecule has 2 nitrogen and oxygen atoms in total. The van der Waals surface area contributed by atoms with Crippen LogP contribution in [0.2, 0.25) is 0 Å². The van der Waals surface area contributed by atoms with Crippen LogP contribution in [0.25, 0.3) is 0 Å². The molecule has 0 aromatic carbocycles. The smallest absolute Gasteiger partial charge is 0.154 e. The number of piperidine rings is 1. The van der Waals surface area contributed by atoms with Crippen molar-refractivity contribution in [1.82, 2.24) is 5.32 Å². The van der Waals surface area contributed by atoms with E-state index in [0.717, 1.165) is 22.3 Å². The first-order valence-electron chi connectivity index (χ1n) is 5.25. The summed E-state index contributed by atoms with van der Waals surface area (Å²) in [6.45, 7) is 0.988. The van der Waals surface area contributed by atoms with E-state index in [1.807, 2.05) is 11.4 Å². The summed E-state index contributed by atoms with van der Waals surface area (Å²) in [5, 5.41) is 5.31. The van der Waals surface area contributed by atoms with E-state index in [2.05, 4.69) is 21.2 Å². The number of rotatable bonds is 3. The summed E-state index contributed by atoms with van der Waals surface area (Å²) in [4.78, 5) is 13.1. The standard InChI is InChI=1S/C11H14BrNOS/c12-8-4-6-15-11(8)7-10(14)9-3-1-2-5-13-9/h4,6,9,13H,1-3,5,7H2. The Labute approximate surface area is 102 Å². The zero-order valence-electron chi connectivity index (χ0n) is 8.46. The Bertz CT molecular complexity index is 344. The average Bonchev–Trinajstić information content (AvgIpc) is 2.66. The van der Waals surface area contributed by atoms with Crippen molar-refractivity contribution in [3.8, 4) is 0 Å². The van der Waals surface area contributed by atoms with Gasteiger partial charge in [0.05, 0.1) is 6.04 Å². The average molecular weight is 288 g/mol. The molecule has 1 aromatic heterocycles. The highest BCUT2D eigenvalue weighted by Crippen LogP contribution is 2.24. The lowest BCUT2D eigenvalue weighted by Crippen LogP contribution is -2.41. The molecule has 1 fully saturated rings. The minimum Gasteiger partial charge on any atom is -0.307 e. The molecule has 15 heavy (non-hydrogen) atoms. The lowest BCUT2D eigenvalue weighted by Gasteiger charge is -2.21. The van der Waals surface area contributed by atoms with Crippen molar-refractivity contribution >= 4 is 33.0 Å². The number of hydrogen-bond acceptors (Lipinski definition) is 3. The van der Waals surface area contributed by atoms with Crippen LogP contribution in [0.4, 0.5) is 0 Å². The predicted octanol–water partition coefficient (Wildman–Crippen LogP) is 2.76. The lowest BCUT2D eigenvalue weighted by atomic mass is 9.99. The normalized spacial score (nSPS) is 21.5. The number of carbonyl (C=O) groups excluding carboxylic acids is 1. The van der Waals surface area contributed by atoms with Crippen LogP contribution < -0.4 is 5.32 Å². The second-order valence-corrected chi connectivity index (χ2v) is 5.69. The zero-order valence-corrected chi connectivity index (χ0v) is 10.9. The highest BCUT2D eigenvalue weighted by molar-refractivity contribution is 9.10. The van der Waals surface area contributed by atoms with Crippen LogP contribution >= 0.6 is 27.3 Å². The second kappa shape index (κ2) is 5.23. The summed E-state index contributed by atoms with van der Waals surface area (Å²) in [5.41, 5.74) is 0. The number of thiophene rings is 1. The first-order valence-corrected chi connectivity index (χ1v) is 6.92. The maximum absolute atomic E-state index is 11.9. The molecule has 2 heterocycles. The second-order valence-electron chi connectivity index (χ2n) is 3.84. The van der Waals surface area contributed by atoms with Gasteiger partial charge < -0.3 is 5.32 Å². The Morgan fingerprint density at radius 2 is 2.47 bits per heavy atom. The van der Waals surface area contributed by atoms with Gasteiger partial charge in [0.25, 0.3) is 0 Å². The van der Waals surface area contributed by atoms with Crippen LogP contribution in [-0.2, 0) is 11.2 Å². The maximum Gasteiger partial charge on any atom is 0.154 e. The van der Waals surface area contributed by atoms with Gasteiger partial charge in [-0.2, -0.15) is 0 Å². The van der Waals surface area contributed by atoms with Gasteiger partial charge in [-0.3, -0.25) is 4.79 Å². The van der Waals surface area contributed by atoms with Crippen molar-refractivity contribution in [3.05, 3.63) is 20.8 Å². The molecule has 0 radical (unpaired) electrons. The van der Waals surface area contributed by atoms with E-state index in [4.69, 9.17) is 0 Å². The van der Waals surface area contributed by atoms with Gasteiger partial charge in [0.1, 0.15) is 0 Å². The Hall–Kier alpha value is -0.190. The van der Waals surface area contributed by atoms with Gasteiger partial charge in [-0.25, -0.2) is 0 Å². The molecule has 0 spiro atoms. The highest BCUT2D eigenvalue weighted by atomic mass is 79.9. The molecule has 82 valence electrons. The van der Waals surface area contributed by atoms with Crippen molar-refractivity contribution in [3.63, 3.8) is 0 Å². The van der Waals surface area contributed by atoms with Gasteiger partial charge in [0.2, 0.25) is 0 Å². The van der Waals surface area contributed by atoms with Gasteiger partial charge in [-0.1, -0.05) is 6.42 Å². The maximum atomic E-state index is 11.9. The number of hydrogen-bond donors (Lipinski definition) is 1. The quantitative estimate of drug-likeness (QED) is 0.926. The molecule has 2 rings (SSSR count). The van der Waals surface area contributed by atoms with Crippen molar-refractivity contribution in [2.24, 2.45) is 0 Å². The fourth-order valence-corrected chi connectivity index (χ4v) is 3.36. The van der Waals surface area contributed by atoms with E-state index >= 15 is 0 Å². The van der Waals surface area contributed by atoms with Crippen LogP contribution in [0, 0.1) is 0 Å². The van der Waals surface area contributed by atoms with E-state index in [1.54, 1.807) is 11.3 Å². The third-order valence-corrected chi connectivity index (χ3v) is 4.65. The Balaban J connectivity index is 1.94. The predicted molar refractivity (Wildman–Crippen MR) is 66.4 cm³/mol. The van der Waals surface area contributed by atoms with Gasteiger partial charge in [-0.15, -0.1) is 11.3 Å². The van der Waals surface area contributed by atoms with E-state index in [0.29, 0.717) is 12.2 Å². The van der Waals surface area contributed by atoms with Crippen molar-refractivity contribution < 1.29 is 4.79 Å². The number of Topliss-reactive ketones (excluding diaryl/α,β-unsaturated/α-hetero) is 1. The highest BCUT2D eigenvalue weighted by Gasteiger charge is 2.21. The van der Waals surface area contributed by atoms with Crippen LogP contribution in [0.5, 0.6) is 0 Å². The van der Waals surface area contributed by atoms with Crippen molar-refractivity contribution in [1.29, 1.82) is 0 Å². The lowest BCUT2D eigenvalue weighted by molar-refractivity contribution is -0.120. The Morgan fingerprint density at radius 1 is 1.60 bits per heavy atom. The number of carbonyl (C=O) groups is 1. The first-order chi connectivity index (χ1) is 7.27. The van der Waals surface area contributed by atoms with Crippen molar-refractivity contribution in [2.45, 2.75) is 31.7 Å². The third kappa shape index (κ3) is 2.89. The molecule has 1 aromatic rings. The molecular formula is C11H14BrNOS. The van der Waals surface area contributed by atoms with Crippen LogP contribution in [0.15, 0.2) is 15.9 Å². The molecule has 0 amide bonds. The molecule has 1 N–H and O–H groups in total. The molecular weight excluding hydrogens is 274 g/mol. The van der Waals surface area contributed by atoms with Gasteiger partial charge in [0.15, 0.2) is 5.78 Å². The first kappa shape index (κ1) is 11.3. The molecule has 0 bridgehead atoms. The largest absolute Gasteiger partial charge is 0.307 e. The van der Waals surface area contributed by atoms with Gasteiger partial charge in [-0.05, 0) is 46.8 Å². The molecule has 1 unspecified atom stereocenters. The summed E-state index contributed by atoms with van der Waals surface area (Å²) in [6.07, 6.45) is 3.94. The topological polar surface area (TPSA) is 29.1 Å². The van der Waals surface area contributed by atoms with Gasteiger partial charge in [0, 0.05) is 15.8 Å². The van der Waals surface area contributed by atoms with Crippen LogP contribution in [0.3, 0.4) is 0 Å². The molecule has 0 aliphatic carbocycles. The van der Waals surface area contributed by atoms with E-state index in [-0.39, 0.29) is 6.04 Å². The molecule has 1 saturated heterocycles. The Kier molecular flexibility index (Phi) is 3.94. The fourth-order valence-electron chi connectivity index (χ4n) is 1.86. The summed E-state index contributed by atoms with van der Waals surface area (Å²) >= 11 is 5.10.